The molecule has 1 aliphatic rings. The van der Waals surface area contributed by atoms with Crippen molar-refractivity contribution in [2.75, 3.05) is 26.2 Å². The van der Waals surface area contributed by atoms with E-state index in [9.17, 15) is 9.18 Å². The lowest BCUT2D eigenvalue weighted by Crippen LogP contribution is -2.34. The molecule has 1 unspecified atom stereocenters. The fraction of sp³-hybridized carbons (Fsp3) is 0.364. The van der Waals surface area contributed by atoms with Gasteiger partial charge in [-0.3, -0.25) is 4.79 Å². The highest BCUT2D eigenvalue weighted by Crippen LogP contribution is 2.31. The smallest absolute Gasteiger partial charge is 0.221 e. The molecule has 7 heteroatoms. The summed E-state index contributed by atoms with van der Waals surface area (Å²) in [5.74, 6) is -0.898. The molecule has 0 bridgehead atoms. The summed E-state index contributed by atoms with van der Waals surface area (Å²) >= 11 is 6.16. The van der Waals surface area contributed by atoms with Crippen LogP contribution in [0.25, 0.3) is 5.65 Å². The summed E-state index contributed by atoms with van der Waals surface area (Å²) in [4.78, 5) is 19.5. The van der Waals surface area contributed by atoms with Gasteiger partial charge in [0.2, 0.25) is 5.91 Å². The molecule has 1 aromatic carbocycles. The van der Waals surface area contributed by atoms with Gasteiger partial charge in [-0.1, -0.05) is 29.8 Å². The van der Waals surface area contributed by atoms with Gasteiger partial charge in [-0.05, 0) is 49.7 Å². The maximum atomic E-state index is 14.6. The van der Waals surface area contributed by atoms with Crippen LogP contribution in [0.2, 0.25) is 5.02 Å². The third kappa shape index (κ3) is 4.60. The van der Waals surface area contributed by atoms with Crippen LogP contribution < -0.4 is 5.32 Å². The van der Waals surface area contributed by atoms with Gasteiger partial charge < -0.3 is 14.6 Å². The van der Waals surface area contributed by atoms with E-state index in [0.717, 1.165) is 25.3 Å². The number of aromatic nitrogens is 2. The van der Waals surface area contributed by atoms with Crippen LogP contribution in [0.5, 0.6) is 0 Å². The first-order valence-electron chi connectivity index (χ1n) is 9.98. The van der Waals surface area contributed by atoms with E-state index in [1.165, 1.54) is 18.9 Å². The number of benzene rings is 1. The van der Waals surface area contributed by atoms with Crippen molar-refractivity contribution in [1.82, 2.24) is 19.6 Å². The first-order valence-corrected chi connectivity index (χ1v) is 10.4. The van der Waals surface area contributed by atoms with E-state index in [4.69, 9.17) is 11.6 Å². The number of hydrogen-bond donors (Lipinski definition) is 1. The molecule has 0 aliphatic carbocycles. The number of carbonyl (C=O) groups is 1. The zero-order valence-electron chi connectivity index (χ0n) is 16.2. The summed E-state index contributed by atoms with van der Waals surface area (Å²) < 4.78 is 16.5. The Labute approximate surface area is 174 Å². The number of carbonyl (C=O) groups excluding carboxylic acids is 1. The molecule has 1 fully saturated rings. The van der Waals surface area contributed by atoms with Crippen molar-refractivity contribution < 1.29 is 9.18 Å². The van der Waals surface area contributed by atoms with Crippen LogP contribution in [0.1, 0.15) is 36.4 Å². The molecule has 4 rings (SSSR count). The summed E-state index contributed by atoms with van der Waals surface area (Å²) in [5.41, 5.74) is 1.92. The zero-order chi connectivity index (χ0) is 20.2. The Morgan fingerprint density at radius 2 is 2.00 bits per heavy atom. The van der Waals surface area contributed by atoms with Crippen molar-refractivity contribution in [3.63, 3.8) is 0 Å². The number of halogens is 2. The molecule has 152 valence electrons. The Balaban J connectivity index is 1.56. The topological polar surface area (TPSA) is 49.6 Å². The van der Waals surface area contributed by atoms with Gasteiger partial charge in [0.05, 0.1) is 10.7 Å². The summed E-state index contributed by atoms with van der Waals surface area (Å²) in [7, 11) is 0. The quantitative estimate of drug-likeness (QED) is 0.638. The molecule has 0 radical (unpaired) electrons. The minimum absolute atomic E-state index is 0.102. The molecule has 0 saturated carbocycles. The normalized spacial score (nSPS) is 15.7. The van der Waals surface area contributed by atoms with Crippen molar-refractivity contribution in [1.29, 1.82) is 0 Å². The minimum atomic E-state index is -0.462. The Morgan fingerprint density at radius 3 is 2.79 bits per heavy atom. The molecular formula is C22H24ClFN4O. The molecule has 3 heterocycles. The van der Waals surface area contributed by atoms with Crippen molar-refractivity contribution >= 4 is 23.2 Å². The monoisotopic (exact) mass is 414 g/mol. The molecule has 1 amide bonds. The summed E-state index contributed by atoms with van der Waals surface area (Å²) in [6, 6.07) is 10.1. The van der Waals surface area contributed by atoms with Crippen LogP contribution in [0.15, 0.2) is 48.8 Å². The molecule has 29 heavy (non-hydrogen) atoms. The van der Waals surface area contributed by atoms with E-state index in [-0.39, 0.29) is 18.1 Å². The van der Waals surface area contributed by atoms with E-state index in [1.54, 1.807) is 42.7 Å². The van der Waals surface area contributed by atoms with Crippen LogP contribution in [-0.4, -0.2) is 46.4 Å². The standard InChI is InChI=1S/C22H24ClFN4O/c23-16-7-8-21-26-14-20(28(21)15-16)18(17-5-1-2-6-19(17)24)13-22(29)25-9-12-27-10-3-4-11-27/h1-2,5-8,14-15,18H,3-4,9-13H2,(H,25,29). The number of rotatable bonds is 7. The number of fused-ring (bicyclic) bond motifs is 1. The number of nitrogens with one attached hydrogen (secondary N) is 1. The van der Waals surface area contributed by atoms with Crippen molar-refractivity contribution in [2.45, 2.75) is 25.2 Å². The molecule has 1 atom stereocenters. The van der Waals surface area contributed by atoms with Gasteiger partial charge in [0.1, 0.15) is 11.5 Å². The summed E-state index contributed by atoms with van der Waals surface area (Å²) in [5, 5.41) is 3.55. The molecule has 5 nitrogen and oxygen atoms in total. The molecular weight excluding hydrogens is 391 g/mol. The average Bonchev–Trinajstić information content (AvgIpc) is 3.36. The zero-order valence-corrected chi connectivity index (χ0v) is 16.9. The SMILES string of the molecule is O=C(CC(c1ccccc1F)c1cnc2ccc(Cl)cn12)NCCN1CCCC1. The molecule has 0 spiro atoms. The second kappa shape index (κ2) is 8.93. The summed E-state index contributed by atoms with van der Waals surface area (Å²) in [6.45, 7) is 3.63. The third-order valence-electron chi connectivity index (χ3n) is 5.47. The first kappa shape index (κ1) is 19.9. The molecule has 2 aromatic heterocycles. The van der Waals surface area contributed by atoms with E-state index in [0.29, 0.717) is 22.8 Å². The number of nitrogens with zero attached hydrogens (tertiary/aromatic N) is 3. The predicted octanol–water partition coefficient (Wildman–Crippen LogP) is 3.86. The van der Waals surface area contributed by atoms with Gasteiger partial charge >= 0.3 is 0 Å². The lowest BCUT2D eigenvalue weighted by Gasteiger charge is -2.19. The Hall–Kier alpha value is -2.44. The van der Waals surface area contributed by atoms with Crippen molar-refractivity contribution in [2.24, 2.45) is 0 Å². The highest BCUT2D eigenvalue weighted by molar-refractivity contribution is 6.30. The Bertz CT molecular complexity index is 999. The van der Waals surface area contributed by atoms with E-state index < -0.39 is 5.92 Å². The average molecular weight is 415 g/mol. The van der Waals surface area contributed by atoms with Crippen LogP contribution in [0.3, 0.4) is 0 Å². The highest BCUT2D eigenvalue weighted by Gasteiger charge is 2.24. The number of pyridine rings is 1. The van der Waals surface area contributed by atoms with Crippen LogP contribution in [0.4, 0.5) is 4.39 Å². The third-order valence-corrected chi connectivity index (χ3v) is 5.70. The maximum absolute atomic E-state index is 14.6. The second-order valence-electron chi connectivity index (χ2n) is 7.44. The largest absolute Gasteiger partial charge is 0.355 e. The van der Waals surface area contributed by atoms with Gasteiger partial charge in [-0.15, -0.1) is 0 Å². The van der Waals surface area contributed by atoms with Crippen LogP contribution in [-0.2, 0) is 4.79 Å². The predicted molar refractivity (Wildman–Crippen MR) is 112 cm³/mol. The van der Waals surface area contributed by atoms with Crippen LogP contribution in [0, 0.1) is 5.82 Å². The lowest BCUT2D eigenvalue weighted by molar-refractivity contribution is -0.121. The van der Waals surface area contributed by atoms with Gasteiger partial charge in [0, 0.05) is 37.8 Å². The van der Waals surface area contributed by atoms with Crippen molar-refractivity contribution in [3.05, 3.63) is 70.9 Å². The van der Waals surface area contributed by atoms with E-state index in [1.807, 2.05) is 4.40 Å². The van der Waals surface area contributed by atoms with Gasteiger partial charge in [0.15, 0.2) is 0 Å². The first-order chi connectivity index (χ1) is 14.1. The lowest BCUT2D eigenvalue weighted by atomic mass is 9.92. The Kier molecular flexibility index (Phi) is 6.11. The number of imidazole rings is 1. The number of likely N-dealkylation sites (tertiary alicyclic amines) is 1. The molecule has 1 N–H and O–H groups in total. The Morgan fingerprint density at radius 1 is 1.21 bits per heavy atom. The van der Waals surface area contributed by atoms with Crippen LogP contribution >= 0.6 is 11.6 Å². The number of hydrogen-bond acceptors (Lipinski definition) is 3. The fourth-order valence-corrected chi connectivity index (χ4v) is 4.14. The maximum Gasteiger partial charge on any atom is 0.221 e. The van der Waals surface area contributed by atoms with Gasteiger partial charge in [0.25, 0.3) is 0 Å². The van der Waals surface area contributed by atoms with Gasteiger partial charge in [-0.2, -0.15) is 0 Å². The summed E-state index contributed by atoms with van der Waals surface area (Å²) in [6.07, 6.45) is 6.03. The molecule has 3 aromatic rings. The second-order valence-corrected chi connectivity index (χ2v) is 7.87. The van der Waals surface area contributed by atoms with Gasteiger partial charge in [-0.25, -0.2) is 9.37 Å². The van der Waals surface area contributed by atoms with E-state index >= 15 is 0 Å². The fourth-order valence-electron chi connectivity index (χ4n) is 3.98. The number of amides is 1. The van der Waals surface area contributed by atoms with E-state index in [2.05, 4.69) is 15.2 Å². The van der Waals surface area contributed by atoms with Crippen molar-refractivity contribution in [3.8, 4) is 0 Å². The molecule has 1 saturated heterocycles. The highest BCUT2D eigenvalue weighted by atomic mass is 35.5. The minimum Gasteiger partial charge on any atom is -0.355 e. The molecule has 1 aliphatic heterocycles.